The zero-order chi connectivity index (χ0) is 36.1. The summed E-state index contributed by atoms with van der Waals surface area (Å²) < 4.78 is 0. The minimum absolute atomic E-state index is 0.999. The van der Waals surface area contributed by atoms with Crippen molar-refractivity contribution >= 4 is 34.1 Å². The van der Waals surface area contributed by atoms with Crippen LogP contribution in [0.25, 0.3) is 0 Å². The lowest BCUT2D eigenvalue weighted by Crippen LogP contribution is -2.10. The van der Waals surface area contributed by atoms with Gasteiger partial charge >= 0.3 is 0 Å². The van der Waals surface area contributed by atoms with Crippen molar-refractivity contribution in [2.45, 2.75) is 91.9 Å². The van der Waals surface area contributed by atoms with Crippen LogP contribution in [0.15, 0.2) is 146 Å². The van der Waals surface area contributed by atoms with Crippen molar-refractivity contribution in [2.24, 2.45) is 0 Å². The molecule has 0 saturated carbocycles. The highest BCUT2D eigenvalue weighted by Gasteiger charge is 2.15. The van der Waals surface area contributed by atoms with Gasteiger partial charge in [-0.3, -0.25) is 0 Å². The summed E-state index contributed by atoms with van der Waals surface area (Å²) in [6.07, 6.45) is 11.1. The third kappa shape index (κ3) is 9.42. The predicted octanol–water partition coefficient (Wildman–Crippen LogP) is 14.2. The maximum absolute atomic E-state index is 2.38. The fourth-order valence-electron chi connectivity index (χ4n) is 7.21. The Labute approximate surface area is 313 Å². The van der Waals surface area contributed by atoms with E-state index in [9.17, 15) is 0 Å². The summed E-state index contributed by atoms with van der Waals surface area (Å²) in [5.74, 6) is 0. The van der Waals surface area contributed by atoms with E-state index in [0.717, 1.165) is 64.2 Å². The summed E-state index contributed by atoms with van der Waals surface area (Å²) in [5, 5.41) is 0. The van der Waals surface area contributed by atoms with Crippen molar-refractivity contribution in [3.63, 3.8) is 0 Å². The first kappa shape index (κ1) is 36.7. The van der Waals surface area contributed by atoms with E-state index >= 15 is 0 Å². The predicted molar refractivity (Wildman–Crippen MR) is 226 cm³/mol. The molecule has 266 valence electrons. The van der Waals surface area contributed by atoms with Crippen LogP contribution in [0.4, 0.5) is 34.1 Å². The lowest BCUT2D eigenvalue weighted by Gasteiger charge is -2.26. The molecule has 0 aliphatic rings. The van der Waals surface area contributed by atoms with Gasteiger partial charge in [0, 0.05) is 34.1 Å². The van der Waals surface area contributed by atoms with Gasteiger partial charge in [0.2, 0.25) is 0 Å². The van der Waals surface area contributed by atoms with Gasteiger partial charge < -0.3 is 9.80 Å². The highest BCUT2D eigenvalue weighted by atomic mass is 15.1. The van der Waals surface area contributed by atoms with Crippen molar-refractivity contribution in [3.8, 4) is 0 Å². The van der Waals surface area contributed by atoms with Crippen LogP contribution in [-0.4, -0.2) is 0 Å². The molecule has 0 unspecified atom stereocenters. The second-order valence-electron chi connectivity index (χ2n) is 14.2. The fraction of sp³-hybridized carbons (Fsp3) is 0.280. The van der Waals surface area contributed by atoms with Gasteiger partial charge in [0.25, 0.3) is 0 Å². The molecule has 0 aliphatic heterocycles. The standard InChI is InChI=1S/C50H56N2/c1-5-9-39-15-27-45(28-16-39)51(46-29-17-40(10-6-2)18-30-46)49-35-23-43(24-36-49)13-14-44-25-37-50(38-26-44)52(47-31-19-41(11-7-3)20-32-47)48-33-21-42(12-8-4)22-34-48/h15-38H,5-14H2,1-4H3. The number of benzene rings is 6. The summed E-state index contributed by atoms with van der Waals surface area (Å²) in [6.45, 7) is 8.96. The van der Waals surface area contributed by atoms with E-state index in [1.165, 1.54) is 67.5 Å². The lowest BCUT2D eigenvalue weighted by atomic mass is 10.0. The first-order valence-electron chi connectivity index (χ1n) is 19.7. The Bertz CT molecular complexity index is 1670. The molecule has 0 atom stereocenters. The van der Waals surface area contributed by atoms with Crippen molar-refractivity contribution in [2.75, 3.05) is 9.80 Å². The average Bonchev–Trinajstić information content (AvgIpc) is 3.18. The summed E-state index contributed by atoms with van der Waals surface area (Å²) in [7, 11) is 0. The second kappa shape index (κ2) is 18.4. The lowest BCUT2D eigenvalue weighted by molar-refractivity contribution is 0.921. The first-order valence-corrected chi connectivity index (χ1v) is 19.7. The summed E-state index contributed by atoms with van der Waals surface area (Å²) in [4.78, 5) is 4.77. The molecule has 2 nitrogen and oxygen atoms in total. The minimum atomic E-state index is 0.999. The molecule has 6 aromatic rings. The van der Waals surface area contributed by atoms with Crippen LogP contribution in [0.1, 0.15) is 86.8 Å². The van der Waals surface area contributed by atoms with Crippen LogP contribution in [0.5, 0.6) is 0 Å². The molecule has 0 bridgehead atoms. The molecule has 0 radical (unpaired) electrons. The topological polar surface area (TPSA) is 6.48 Å². The van der Waals surface area contributed by atoms with Gasteiger partial charge in [-0.25, -0.2) is 0 Å². The largest absolute Gasteiger partial charge is 0.311 e. The Morgan fingerprint density at radius 3 is 0.538 bits per heavy atom. The Hall–Kier alpha value is -5.08. The Balaban J connectivity index is 1.18. The third-order valence-corrected chi connectivity index (χ3v) is 10.0. The highest BCUT2D eigenvalue weighted by Crippen LogP contribution is 2.37. The van der Waals surface area contributed by atoms with Gasteiger partial charge in [-0.2, -0.15) is 0 Å². The monoisotopic (exact) mass is 684 g/mol. The molecule has 2 heteroatoms. The number of aryl methyl sites for hydroxylation is 6. The summed E-state index contributed by atoms with van der Waals surface area (Å²) in [6, 6.07) is 54.8. The van der Waals surface area contributed by atoms with Crippen LogP contribution >= 0.6 is 0 Å². The number of hydrogen-bond acceptors (Lipinski definition) is 2. The van der Waals surface area contributed by atoms with E-state index < -0.39 is 0 Å². The van der Waals surface area contributed by atoms with E-state index in [1.54, 1.807) is 0 Å². The Morgan fingerprint density at radius 2 is 0.385 bits per heavy atom. The molecule has 0 saturated heterocycles. The highest BCUT2D eigenvalue weighted by molar-refractivity contribution is 5.78. The molecule has 0 spiro atoms. The normalized spacial score (nSPS) is 11.1. The molecule has 0 heterocycles. The van der Waals surface area contributed by atoms with Gasteiger partial charge in [0.05, 0.1) is 0 Å². The SMILES string of the molecule is CCCc1ccc(N(c2ccc(CCC)cc2)c2ccc(CCc3ccc(N(c4ccc(CCC)cc4)c4ccc(CCC)cc4)cc3)cc2)cc1. The molecular formula is C50H56N2. The number of nitrogens with zero attached hydrogens (tertiary/aromatic N) is 2. The van der Waals surface area contributed by atoms with Crippen molar-refractivity contribution in [3.05, 3.63) is 179 Å². The van der Waals surface area contributed by atoms with Crippen LogP contribution in [-0.2, 0) is 38.5 Å². The molecule has 0 N–H and O–H groups in total. The zero-order valence-electron chi connectivity index (χ0n) is 31.8. The summed E-state index contributed by atoms with van der Waals surface area (Å²) >= 11 is 0. The van der Waals surface area contributed by atoms with Crippen LogP contribution in [0.3, 0.4) is 0 Å². The van der Waals surface area contributed by atoms with E-state index in [-0.39, 0.29) is 0 Å². The van der Waals surface area contributed by atoms with Crippen molar-refractivity contribution in [1.29, 1.82) is 0 Å². The van der Waals surface area contributed by atoms with Gasteiger partial charge in [-0.1, -0.05) is 126 Å². The quantitative estimate of drug-likeness (QED) is 0.0943. The van der Waals surface area contributed by atoms with Crippen LogP contribution in [0, 0.1) is 0 Å². The maximum Gasteiger partial charge on any atom is 0.0461 e. The van der Waals surface area contributed by atoms with Gasteiger partial charge in [0.1, 0.15) is 0 Å². The van der Waals surface area contributed by atoms with E-state index in [4.69, 9.17) is 0 Å². The Morgan fingerprint density at radius 1 is 0.231 bits per heavy atom. The second-order valence-corrected chi connectivity index (χ2v) is 14.2. The van der Waals surface area contributed by atoms with E-state index in [1.807, 2.05) is 0 Å². The number of rotatable bonds is 17. The molecular weight excluding hydrogens is 629 g/mol. The molecule has 0 amide bonds. The molecule has 6 rings (SSSR count). The van der Waals surface area contributed by atoms with Crippen molar-refractivity contribution in [1.82, 2.24) is 0 Å². The van der Waals surface area contributed by atoms with Gasteiger partial charge in [0.15, 0.2) is 0 Å². The maximum atomic E-state index is 2.38. The number of anilines is 6. The van der Waals surface area contributed by atoms with Crippen LogP contribution in [0.2, 0.25) is 0 Å². The zero-order valence-corrected chi connectivity index (χ0v) is 31.8. The van der Waals surface area contributed by atoms with Crippen LogP contribution < -0.4 is 9.80 Å². The molecule has 0 fully saturated rings. The Kier molecular flexibility index (Phi) is 13.0. The third-order valence-electron chi connectivity index (χ3n) is 10.0. The fourth-order valence-corrected chi connectivity index (χ4v) is 7.21. The van der Waals surface area contributed by atoms with Gasteiger partial charge in [-0.05, 0) is 145 Å². The first-order chi connectivity index (χ1) is 25.6. The molecule has 52 heavy (non-hydrogen) atoms. The molecule has 0 aromatic heterocycles. The van der Waals surface area contributed by atoms with Crippen molar-refractivity contribution < 1.29 is 0 Å². The number of hydrogen-bond donors (Lipinski definition) is 0. The van der Waals surface area contributed by atoms with E-state index in [2.05, 4.69) is 183 Å². The summed E-state index contributed by atoms with van der Waals surface area (Å²) in [5.41, 5.74) is 15.4. The van der Waals surface area contributed by atoms with E-state index in [0.29, 0.717) is 0 Å². The molecule has 0 aliphatic carbocycles. The molecule has 6 aromatic carbocycles. The minimum Gasteiger partial charge on any atom is -0.311 e. The average molecular weight is 685 g/mol. The van der Waals surface area contributed by atoms with Gasteiger partial charge in [-0.15, -0.1) is 0 Å². The smallest absolute Gasteiger partial charge is 0.0461 e.